The van der Waals surface area contributed by atoms with Crippen LogP contribution in [0.2, 0.25) is 0 Å². The van der Waals surface area contributed by atoms with E-state index in [1.807, 2.05) is 18.3 Å². The van der Waals surface area contributed by atoms with Crippen molar-refractivity contribution in [1.82, 2.24) is 4.98 Å². The van der Waals surface area contributed by atoms with Crippen LogP contribution in [0.1, 0.15) is 0 Å². The van der Waals surface area contributed by atoms with E-state index in [-0.39, 0.29) is 32.7 Å². The van der Waals surface area contributed by atoms with Crippen molar-refractivity contribution in [1.29, 1.82) is 0 Å². The van der Waals surface area contributed by atoms with Gasteiger partial charge in [-0.25, -0.2) is 17.2 Å². The molecule has 0 aliphatic rings. The molecule has 6 aromatic rings. The molecule has 1 aromatic heterocycles. The Balaban J connectivity index is 0.00000171. The minimum Gasteiger partial charge on any atom is -0.462 e. The Morgan fingerprint density at radius 3 is 1.86 bits per heavy atom. The second kappa shape index (κ2) is 6.85. The zero-order chi connectivity index (χ0) is 17.8. The number of hydrogen-bond donors (Lipinski definition) is 1. The fourth-order valence-corrected chi connectivity index (χ4v) is 4.06. The molecule has 0 saturated heterocycles. The first kappa shape index (κ1) is 17.6. The first-order chi connectivity index (χ1) is 13.3. The van der Waals surface area contributed by atoms with E-state index in [1.54, 1.807) is 0 Å². The summed E-state index contributed by atoms with van der Waals surface area (Å²) in [6, 6.07) is 31.8. The van der Waals surface area contributed by atoms with Gasteiger partial charge in [-0.05, 0) is 56.6 Å². The van der Waals surface area contributed by atoms with Gasteiger partial charge in [0.15, 0.2) is 0 Å². The van der Waals surface area contributed by atoms with Crippen LogP contribution in [0, 0.1) is 12.3 Å². The van der Waals surface area contributed by atoms with Crippen LogP contribution in [0.25, 0.3) is 54.2 Å². The van der Waals surface area contributed by atoms with Gasteiger partial charge in [-0.3, -0.25) is 0 Å². The third-order valence-electron chi connectivity index (χ3n) is 5.40. The van der Waals surface area contributed by atoms with Crippen LogP contribution in [0.5, 0.6) is 0 Å². The molecule has 0 amide bonds. The first-order valence-electron chi connectivity index (χ1n) is 9.11. The number of rotatable bonds is 1. The number of nitrogens with one attached hydrogen (secondary N) is 1. The third kappa shape index (κ3) is 2.78. The minimum atomic E-state index is 0. The smallest absolute Gasteiger partial charge is 0 e. The predicted molar refractivity (Wildman–Crippen MR) is 114 cm³/mol. The summed E-state index contributed by atoms with van der Waals surface area (Å²) < 4.78 is 0. The number of aromatic amines is 1. The van der Waals surface area contributed by atoms with Crippen LogP contribution in [-0.2, 0) is 32.7 Å². The molecular formula is C26H15NY-2. The number of benzene rings is 5. The second-order valence-corrected chi connectivity index (χ2v) is 7.05. The average molecular weight is 430 g/mol. The Labute approximate surface area is 188 Å². The van der Waals surface area contributed by atoms with E-state index in [0.29, 0.717) is 0 Å². The summed E-state index contributed by atoms with van der Waals surface area (Å²) >= 11 is 0. The molecule has 0 atom stereocenters. The largest absolute Gasteiger partial charge is 0.462 e. The summed E-state index contributed by atoms with van der Waals surface area (Å²) in [5.74, 6) is 0. The summed E-state index contributed by atoms with van der Waals surface area (Å²) in [6.07, 6.45) is 5.09. The Kier molecular flexibility index (Phi) is 4.31. The normalized spacial score (nSPS) is 11.3. The van der Waals surface area contributed by atoms with Crippen molar-refractivity contribution >= 4 is 43.1 Å². The van der Waals surface area contributed by atoms with Gasteiger partial charge >= 0.3 is 0 Å². The van der Waals surface area contributed by atoms with Crippen LogP contribution in [0.3, 0.4) is 0 Å². The maximum atomic E-state index is 3.39. The first-order valence-corrected chi connectivity index (χ1v) is 9.11. The van der Waals surface area contributed by atoms with Crippen molar-refractivity contribution in [2.45, 2.75) is 0 Å². The monoisotopic (exact) mass is 430 g/mol. The number of fused-ring (bicyclic) bond motifs is 4. The molecule has 0 aliphatic carbocycles. The van der Waals surface area contributed by atoms with Gasteiger partial charge in [0.1, 0.15) is 0 Å². The number of H-pyrrole nitrogens is 1. The zero-order valence-corrected chi connectivity index (χ0v) is 18.0. The van der Waals surface area contributed by atoms with E-state index in [1.165, 1.54) is 43.1 Å². The molecule has 1 radical (unpaired) electrons. The van der Waals surface area contributed by atoms with Crippen molar-refractivity contribution in [2.24, 2.45) is 0 Å². The Bertz CT molecular complexity index is 1460. The van der Waals surface area contributed by atoms with Gasteiger partial charge in [0.05, 0.1) is 0 Å². The van der Waals surface area contributed by atoms with Gasteiger partial charge in [0, 0.05) is 32.7 Å². The van der Waals surface area contributed by atoms with E-state index >= 15 is 0 Å². The molecule has 5 aromatic carbocycles. The van der Waals surface area contributed by atoms with E-state index in [2.05, 4.69) is 84.0 Å². The van der Waals surface area contributed by atoms with Gasteiger partial charge < -0.3 is 4.98 Å². The Morgan fingerprint density at radius 1 is 0.607 bits per heavy atom. The summed E-state index contributed by atoms with van der Waals surface area (Å²) in [5, 5.41) is 10.1. The quantitative estimate of drug-likeness (QED) is 0.216. The fourth-order valence-electron chi connectivity index (χ4n) is 4.06. The van der Waals surface area contributed by atoms with Gasteiger partial charge in [-0.2, -0.15) is 12.1 Å². The van der Waals surface area contributed by atoms with E-state index in [0.717, 1.165) is 11.1 Å². The zero-order valence-electron chi connectivity index (χ0n) is 15.2. The summed E-state index contributed by atoms with van der Waals surface area (Å²) in [4.78, 5) is 3.03. The van der Waals surface area contributed by atoms with Crippen molar-refractivity contribution in [3.63, 3.8) is 0 Å². The van der Waals surface area contributed by atoms with E-state index in [9.17, 15) is 0 Å². The van der Waals surface area contributed by atoms with Gasteiger partial charge in [-0.1, -0.05) is 36.4 Å². The Morgan fingerprint density at radius 2 is 1.21 bits per heavy atom. The van der Waals surface area contributed by atoms with Crippen LogP contribution in [0.15, 0.2) is 85.1 Å². The van der Waals surface area contributed by atoms with Crippen LogP contribution >= 0.6 is 0 Å². The average Bonchev–Trinajstić information content (AvgIpc) is 3.23. The van der Waals surface area contributed by atoms with Crippen molar-refractivity contribution in [3.05, 3.63) is 97.3 Å². The molecule has 0 aliphatic heterocycles. The van der Waals surface area contributed by atoms with Gasteiger partial charge in [0.25, 0.3) is 0 Å². The van der Waals surface area contributed by atoms with Crippen molar-refractivity contribution < 1.29 is 32.7 Å². The summed E-state index contributed by atoms with van der Waals surface area (Å²) in [5.41, 5.74) is 2.14. The van der Waals surface area contributed by atoms with E-state index in [4.69, 9.17) is 0 Å². The molecule has 1 heterocycles. The summed E-state index contributed by atoms with van der Waals surface area (Å²) in [6.45, 7) is 0. The molecule has 2 heteroatoms. The number of hydrogen-bond acceptors (Lipinski definition) is 0. The van der Waals surface area contributed by atoms with Gasteiger partial charge in [-0.15, -0.1) is 29.2 Å². The summed E-state index contributed by atoms with van der Waals surface area (Å²) in [7, 11) is 0. The standard InChI is InChI=1S/C26H15N.Y/c1-2-5-18-11-22-14-24-15-26-19(6-3-7-25(26)20-8-9-27-16-20)12-23(24)13-21(22)10-17(18)4-1;/h1-6,8-15,27H;/q-2;. The van der Waals surface area contributed by atoms with Crippen molar-refractivity contribution in [2.75, 3.05) is 0 Å². The molecule has 0 bridgehead atoms. The maximum absolute atomic E-state index is 3.39. The molecule has 28 heavy (non-hydrogen) atoms. The molecule has 0 unspecified atom stereocenters. The SMILES string of the molecule is [Y].[c-]1[nH]ccc1-c1[c-]ccc2cc3cc4cc5ccccc5cc4cc3cc12. The third-order valence-corrected chi connectivity index (χ3v) is 5.40. The predicted octanol–water partition coefficient (Wildman–Crippen LogP) is 6.89. The molecule has 0 spiro atoms. The molecule has 0 saturated carbocycles. The van der Waals surface area contributed by atoms with Crippen LogP contribution in [0.4, 0.5) is 0 Å². The van der Waals surface area contributed by atoms with Crippen LogP contribution < -0.4 is 0 Å². The topological polar surface area (TPSA) is 15.8 Å². The van der Waals surface area contributed by atoms with Gasteiger partial charge in [0.2, 0.25) is 0 Å². The molecular weight excluding hydrogens is 415 g/mol. The maximum Gasteiger partial charge on any atom is 0 e. The molecule has 0 fully saturated rings. The Hall–Kier alpha value is -2.48. The minimum absolute atomic E-state index is 0. The second-order valence-electron chi connectivity index (χ2n) is 7.05. The molecule has 129 valence electrons. The molecule has 1 nitrogen and oxygen atoms in total. The van der Waals surface area contributed by atoms with Crippen LogP contribution in [-0.4, -0.2) is 4.98 Å². The number of aromatic nitrogens is 1. The fraction of sp³-hybridized carbons (Fsp3) is 0. The molecule has 1 N–H and O–H groups in total. The molecule has 6 rings (SSSR count). The van der Waals surface area contributed by atoms with Crippen molar-refractivity contribution in [3.8, 4) is 11.1 Å². The van der Waals surface area contributed by atoms with E-state index < -0.39 is 0 Å².